The van der Waals surface area contributed by atoms with Crippen molar-refractivity contribution < 1.29 is 27.5 Å². The topological polar surface area (TPSA) is 85.7 Å². The summed E-state index contributed by atoms with van der Waals surface area (Å²) in [5.41, 5.74) is 1.65. The van der Waals surface area contributed by atoms with Crippen LogP contribution in [-0.2, 0) is 4.74 Å². The Kier molecular flexibility index (Phi) is 7.17. The number of nitriles is 1. The van der Waals surface area contributed by atoms with Crippen molar-refractivity contribution in [3.8, 4) is 6.07 Å². The van der Waals surface area contributed by atoms with Gasteiger partial charge in [0.1, 0.15) is 18.0 Å². The summed E-state index contributed by atoms with van der Waals surface area (Å²) in [6.45, 7) is 1.45. The lowest BCUT2D eigenvalue weighted by Gasteiger charge is -2.35. The first-order valence-corrected chi connectivity index (χ1v) is 14.0. The normalized spacial score (nSPS) is 28.8. The summed E-state index contributed by atoms with van der Waals surface area (Å²) in [5, 5.41) is 12.4. The Morgan fingerprint density at radius 1 is 0.975 bits per heavy atom. The van der Waals surface area contributed by atoms with Crippen molar-refractivity contribution in [2.45, 2.75) is 75.1 Å². The summed E-state index contributed by atoms with van der Waals surface area (Å²) < 4.78 is 46.8. The molecule has 40 heavy (non-hydrogen) atoms. The van der Waals surface area contributed by atoms with E-state index >= 15 is 0 Å². The molecule has 0 unspecified atom stereocenters. The summed E-state index contributed by atoms with van der Waals surface area (Å²) in [6, 6.07) is 8.79. The number of carbonyl (C=O) groups excluding carboxylic acids is 2. The number of ether oxygens (including phenoxy) is 1. The average Bonchev–Trinajstić information content (AvgIpc) is 3.59. The number of rotatable bonds is 5. The van der Waals surface area contributed by atoms with Gasteiger partial charge in [-0.2, -0.15) is 5.26 Å². The Labute approximate surface area is 230 Å². The lowest BCUT2D eigenvalue weighted by Crippen LogP contribution is -2.48. The van der Waals surface area contributed by atoms with Gasteiger partial charge in [0.25, 0.3) is 0 Å². The smallest absolute Gasteiger partial charge is 0.419 e. The minimum atomic E-state index is -1.03. The molecular weight excluding hydrogens is 521 g/mol. The van der Waals surface area contributed by atoms with Gasteiger partial charge in [-0.05, 0) is 92.2 Å². The lowest BCUT2D eigenvalue weighted by atomic mass is 9.80. The van der Waals surface area contributed by atoms with E-state index in [0.717, 1.165) is 74.1 Å². The maximum absolute atomic E-state index is 14.1. The number of carbonyl (C=O) groups is 2. The van der Waals surface area contributed by atoms with Crippen molar-refractivity contribution in [2.24, 2.45) is 5.92 Å². The highest BCUT2D eigenvalue weighted by atomic mass is 19.2. The minimum absolute atomic E-state index is 0.0936. The number of imide groups is 1. The van der Waals surface area contributed by atoms with Gasteiger partial charge < -0.3 is 10.1 Å². The molecule has 4 fully saturated rings. The summed E-state index contributed by atoms with van der Waals surface area (Å²) >= 11 is 0. The Morgan fingerprint density at radius 2 is 1.75 bits per heavy atom. The number of halogens is 3. The zero-order chi connectivity index (χ0) is 28.0. The zero-order valence-electron chi connectivity index (χ0n) is 22.0. The second-order valence-electron chi connectivity index (χ2n) is 11.5. The molecule has 4 aliphatic rings. The molecule has 0 radical (unpaired) electrons. The number of hydrogen-bond donors (Lipinski definition) is 1. The number of likely N-dealkylation sites (tertiary alicyclic amines) is 1. The number of amides is 3. The molecule has 2 saturated carbocycles. The third-order valence-corrected chi connectivity index (χ3v) is 8.95. The molecule has 210 valence electrons. The first-order valence-electron chi connectivity index (χ1n) is 14.0. The Hall–Kier alpha value is -3.58. The third kappa shape index (κ3) is 5.15. The van der Waals surface area contributed by atoms with Crippen LogP contribution in [0.3, 0.4) is 0 Å². The summed E-state index contributed by atoms with van der Waals surface area (Å²) in [7, 11) is 0. The average molecular weight is 553 g/mol. The van der Waals surface area contributed by atoms with Crippen LogP contribution in [0.5, 0.6) is 0 Å². The van der Waals surface area contributed by atoms with Crippen molar-refractivity contribution >= 4 is 12.1 Å². The number of urea groups is 1. The van der Waals surface area contributed by atoms with Crippen molar-refractivity contribution in [1.29, 1.82) is 5.26 Å². The van der Waals surface area contributed by atoms with Crippen LogP contribution >= 0.6 is 0 Å². The van der Waals surface area contributed by atoms with Crippen molar-refractivity contribution in [3.63, 3.8) is 0 Å². The van der Waals surface area contributed by atoms with Gasteiger partial charge in [0.05, 0.1) is 11.6 Å². The van der Waals surface area contributed by atoms with Crippen LogP contribution in [0.1, 0.15) is 73.6 Å². The fraction of sp³-hybridized carbons (Fsp3) is 0.500. The van der Waals surface area contributed by atoms with Gasteiger partial charge >= 0.3 is 12.1 Å². The maximum atomic E-state index is 14.1. The van der Waals surface area contributed by atoms with E-state index in [0.29, 0.717) is 23.7 Å². The van der Waals surface area contributed by atoms with Crippen molar-refractivity contribution in [3.05, 3.63) is 70.5 Å². The molecule has 3 amide bonds. The van der Waals surface area contributed by atoms with Gasteiger partial charge in [-0.1, -0.05) is 12.1 Å². The summed E-state index contributed by atoms with van der Waals surface area (Å²) in [6.07, 6.45) is 4.76. The predicted molar refractivity (Wildman–Crippen MR) is 139 cm³/mol. The monoisotopic (exact) mass is 552 g/mol. The summed E-state index contributed by atoms with van der Waals surface area (Å²) in [5.74, 6) is -2.11. The van der Waals surface area contributed by atoms with Crippen LogP contribution in [0.15, 0.2) is 36.4 Å². The molecule has 2 aliphatic heterocycles. The molecule has 0 bridgehead atoms. The van der Waals surface area contributed by atoms with Gasteiger partial charge in [-0.3, -0.25) is 4.90 Å². The molecule has 0 spiro atoms. The molecule has 0 aromatic heterocycles. The Bertz CT molecular complexity index is 1350. The third-order valence-electron chi connectivity index (χ3n) is 8.95. The molecule has 2 saturated heterocycles. The first kappa shape index (κ1) is 26.6. The second kappa shape index (κ2) is 10.8. The van der Waals surface area contributed by atoms with Gasteiger partial charge in [0.15, 0.2) is 11.6 Å². The number of cyclic esters (lactones) is 1. The Balaban J connectivity index is 1.08. The van der Waals surface area contributed by atoms with Crippen LogP contribution in [0.25, 0.3) is 0 Å². The van der Waals surface area contributed by atoms with Crippen LogP contribution in [0, 0.1) is 34.7 Å². The van der Waals surface area contributed by atoms with Crippen LogP contribution < -0.4 is 5.32 Å². The zero-order valence-corrected chi connectivity index (χ0v) is 22.0. The van der Waals surface area contributed by atoms with Crippen LogP contribution in [0.4, 0.5) is 22.8 Å². The SMILES string of the molecule is N#Cc1cc(F)ccc1C1CCC(N2CC[C@@H](NC(=O)N3C(=O)O[C@@H](C4CC4)[C@@H]3c3ccc(F)c(F)c3)C2)CC1. The molecule has 7 nitrogen and oxygen atoms in total. The quantitative estimate of drug-likeness (QED) is 0.510. The molecule has 6 rings (SSSR count). The fourth-order valence-corrected chi connectivity index (χ4v) is 6.74. The molecule has 10 heteroatoms. The highest BCUT2D eigenvalue weighted by Crippen LogP contribution is 2.46. The van der Waals surface area contributed by atoms with E-state index in [9.17, 15) is 28.0 Å². The number of nitrogens with one attached hydrogen (secondary N) is 1. The molecule has 2 aliphatic carbocycles. The molecular formula is C30H31F3N4O3. The summed E-state index contributed by atoms with van der Waals surface area (Å²) in [4.78, 5) is 29.6. The van der Waals surface area contributed by atoms with Crippen molar-refractivity contribution in [1.82, 2.24) is 15.1 Å². The second-order valence-corrected chi connectivity index (χ2v) is 11.5. The van der Waals surface area contributed by atoms with Gasteiger partial charge in [-0.25, -0.2) is 27.7 Å². The van der Waals surface area contributed by atoms with Gasteiger partial charge in [0.2, 0.25) is 0 Å². The molecule has 1 N–H and O–H groups in total. The highest BCUT2D eigenvalue weighted by molar-refractivity contribution is 5.93. The predicted octanol–water partition coefficient (Wildman–Crippen LogP) is 5.76. The van der Waals surface area contributed by atoms with Crippen LogP contribution in [0.2, 0.25) is 0 Å². The van der Waals surface area contributed by atoms with E-state index in [1.807, 2.05) is 0 Å². The Morgan fingerprint density at radius 3 is 2.45 bits per heavy atom. The highest BCUT2D eigenvalue weighted by Gasteiger charge is 2.52. The van der Waals surface area contributed by atoms with E-state index in [2.05, 4.69) is 16.3 Å². The molecule has 2 heterocycles. The lowest BCUT2D eigenvalue weighted by molar-refractivity contribution is 0.118. The first-order chi connectivity index (χ1) is 19.3. The van der Waals surface area contributed by atoms with E-state index in [4.69, 9.17) is 4.74 Å². The molecule has 2 aromatic rings. The van der Waals surface area contributed by atoms with E-state index in [1.54, 1.807) is 6.07 Å². The van der Waals surface area contributed by atoms with E-state index in [-0.39, 0.29) is 17.9 Å². The standard InChI is InChI=1S/C30H31F3N4O3/c31-21-6-9-24(20(13-21)15-34)17-3-7-23(8-4-17)36-12-11-22(16-36)35-29(38)37-27(19-5-10-25(32)26(33)14-19)28(18-1-2-18)40-30(37)39/h5-6,9-10,13-14,17-18,22-23,27-28H,1-4,7-8,11-12,16H2,(H,35,38)/t17?,22-,23?,27+,28+/m1/s1. The molecule has 2 aromatic carbocycles. The number of nitrogens with zero attached hydrogens (tertiary/aromatic N) is 3. The minimum Gasteiger partial charge on any atom is -0.443 e. The number of hydrogen-bond acceptors (Lipinski definition) is 5. The maximum Gasteiger partial charge on any atom is 0.419 e. The van der Waals surface area contributed by atoms with E-state index < -0.39 is 41.7 Å². The number of benzene rings is 2. The largest absolute Gasteiger partial charge is 0.443 e. The van der Waals surface area contributed by atoms with Gasteiger partial charge in [0, 0.05) is 25.2 Å². The van der Waals surface area contributed by atoms with Crippen molar-refractivity contribution in [2.75, 3.05) is 13.1 Å². The molecule has 3 atom stereocenters. The fourth-order valence-electron chi connectivity index (χ4n) is 6.74. The van der Waals surface area contributed by atoms with E-state index in [1.165, 1.54) is 18.2 Å². The van der Waals surface area contributed by atoms with Crippen LogP contribution in [-0.4, -0.2) is 53.2 Å². The van der Waals surface area contributed by atoms with Gasteiger partial charge in [-0.15, -0.1) is 0 Å².